The van der Waals surface area contributed by atoms with Crippen LogP contribution in [0.25, 0.3) is 0 Å². The molecule has 0 fully saturated rings. The van der Waals surface area contributed by atoms with Crippen molar-refractivity contribution in [3.63, 3.8) is 0 Å². The van der Waals surface area contributed by atoms with E-state index in [1.54, 1.807) is 0 Å². The highest BCUT2D eigenvalue weighted by atomic mass is 16.4. The standard InChI is InChI=1S/C21H33N7O7/c1-11(29)17(19(33)27-15(20(34)35)9-12-4-6-13(30)7-5-12)28-16(31)10-26-18(32)14(22)3-2-8-25-21(23)24/h4-7,11,14-15,17,29-30H,2-3,8-10,22H2,1H3,(H,26,32)(H,27,33)(H,28,31)(H,34,35)(H4,23,24,25). The molecule has 0 spiro atoms. The first kappa shape index (κ1) is 29.1. The molecule has 0 aliphatic carbocycles. The van der Waals surface area contributed by atoms with E-state index in [9.17, 15) is 34.5 Å². The number of aliphatic imine (C=N–C) groups is 1. The first-order valence-electron chi connectivity index (χ1n) is 10.8. The van der Waals surface area contributed by atoms with Crippen molar-refractivity contribution >= 4 is 29.7 Å². The van der Waals surface area contributed by atoms with Crippen molar-refractivity contribution in [2.75, 3.05) is 13.1 Å². The number of phenolic OH excluding ortho intramolecular Hbond substituents is 1. The van der Waals surface area contributed by atoms with Gasteiger partial charge in [-0.05, 0) is 37.5 Å². The van der Waals surface area contributed by atoms with E-state index >= 15 is 0 Å². The van der Waals surface area contributed by atoms with E-state index in [1.807, 2.05) is 0 Å². The first-order valence-corrected chi connectivity index (χ1v) is 10.8. The Kier molecular flexibility index (Phi) is 12.0. The summed E-state index contributed by atoms with van der Waals surface area (Å²) in [5.41, 5.74) is 16.7. The van der Waals surface area contributed by atoms with Crippen molar-refractivity contribution in [1.82, 2.24) is 16.0 Å². The minimum atomic E-state index is -1.48. The molecule has 14 heteroatoms. The van der Waals surface area contributed by atoms with Gasteiger partial charge in [0.25, 0.3) is 0 Å². The lowest BCUT2D eigenvalue weighted by molar-refractivity contribution is -0.142. The third kappa shape index (κ3) is 11.2. The number of benzene rings is 1. The number of nitrogens with zero attached hydrogens (tertiary/aromatic N) is 1. The van der Waals surface area contributed by atoms with Gasteiger partial charge in [0.2, 0.25) is 17.7 Å². The molecule has 12 N–H and O–H groups in total. The van der Waals surface area contributed by atoms with Crippen molar-refractivity contribution in [3.05, 3.63) is 29.8 Å². The summed E-state index contributed by atoms with van der Waals surface area (Å²) in [5, 5.41) is 35.6. The Bertz CT molecular complexity index is 902. The number of carboxylic acids is 1. The SMILES string of the molecule is CC(O)C(NC(=O)CNC(=O)C(N)CCCN=C(N)N)C(=O)NC(Cc1ccc(O)cc1)C(=O)O. The van der Waals surface area contributed by atoms with Crippen LogP contribution in [0.3, 0.4) is 0 Å². The van der Waals surface area contributed by atoms with Gasteiger partial charge < -0.3 is 48.5 Å². The molecule has 4 atom stereocenters. The maximum Gasteiger partial charge on any atom is 0.326 e. The van der Waals surface area contributed by atoms with Crippen molar-refractivity contribution in [3.8, 4) is 5.75 Å². The quantitative estimate of drug-likeness (QED) is 0.0712. The summed E-state index contributed by atoms with van der Waals surface area (Å²) in [6.07, 6.45) is -0.757. The Morgan fingerprint density at radius 2 is 1.69 bits per heavy atom. The van der Waals surface area contributed by atoms with Crippen LogP contribution in [0.2, 0.25) is 0 Å². The average Bonchev–Trinajstić information content (AvgIpc) is 2.78. The van der Waals surface area contributed by atoms with E-state index in [-0.39, 0.29) is 24.6 Å². The number of amides is 3. The minimum Gasteiger partial charge on any atom is -0.508 e. The van der Waals surface area contributed by atoms with Gasteiger partial charge in [-0.15, -0.1) is 0 Å². The molecule has 0 aliphatic heterocycles. The number of carbonyl (C=O) groups excluding carboxylic acids is 3. The topological polar surface area (TPSA) is 255 Å². The third-order valence-corrected chi connectivity index (χ3v) is 4.80. The molecule has 35 heavy (non-hydrogen) atoms. The lowest BCUT2D eigenvalue weighted by Crippen LogP contribution is -2.57. The number of phenols is 1. The Labute approximate surface area is 201 Å². The monoisotopic (exact) mass is 495 g/mol. The zero-order valence-electron chi connectivity index (χ0n) is 19.3. The molecule has 1 aromatic rings. The van der Waals surface area contributed by atoms with Gasteiger partial charge in [0, 0.05) is 13.0 Å². The Hall–Kier alpha value is -3.91. The van der Waals surface area contributed by atoms with Crippen LogP contribution in [-0.2, 0) is 25.6 Å². The van der Waals surface area contributed by atoms with E-state index in [1.165, 1.54) is 31.2 Å². The number of guanidine groups is 1. The highest BCUT2D eigenvalue weighted by Crippen LogP contribution is 2.11. The molecule has 0 heterocycles. The summed E-state index contributed by atoms with van der Waals surface area (Å²) in [5.74, 6) is -3.74. The van der Waals surface area contributed by atoms with E-state index in [4.69, 9.17) is 17.2 Å². The van der Waals surface area contributed by atoms with Crippen LogP contribution in [0.1, 0.15) is 25.3 Å². The molecule has 0 saturated heterocycles. The van der Waals surface area contributed by atoms with Crippen molar-refractivity contribution in [2.45, 2.75) is 50.4 Å². The van der Waals surface area contributed by atoms with Crippen LogP contribution >= 0.6 is 0 Å². The fourth-order valence-corrected chi connectivity index (χ4v) is 2.91. The van der Waals surface area contributed by atoms with Gasteiger partial charge in [0.1, 0.15) is 17.8 Å². The summed E-state index contributed by atoms with van der Waals surface area (Å²) in [7, 11) is 0. The molecular formula is C21H33N7O7. The predicted molar refractivity (Wildman–Crippen MR) is 126 cm³/mol. The normalized spacial score (nSPS) is 14.0. The number of hydrogen-bond acceptors (Lipinski definition) is 8. The maximum atomic E-state index is 12.6. The van der Waals surface area contributed by atoms with Crippen LogP contribution in [0.15, 0.2) is 29.3 Å². The molecule has 0 bridgehead atoms. The summed E-state index contributed by atoms with van der Waals surface area (Å²) in [6, 6.07) is 2.00. The molecule has 1 rings (SSSR count). The number of aromatic hydroxyl groups is 1. The number of rotatable bonds is 14. The van der Waals surface area contributed by atoms with Gasteiger partial charge in [0.15, 0.2) is 5.96 Å². The number of nitrogens with two attached hydrogens (primary N) is 3. The molecule has 0 aromatic heterocycles. The second-order valence-electron chi connectivity index (χ2n) is 7.83. The molecule has 4 unspecified atom stereocenters. The second-order valence-corrected chi connectivity index (χ2v) is 7.83. The van der Waals surface area contributed by atoms with Crippen molar-refractivity contribution in [2.24, 2.45) is 22.2 Å². The minimum absolute atomic E-state index is 0.000493. The lowest BCUT2D eigenvalue weighted by atomic mass is 10.0. The van der Waals surface area contributed by atoms with Crippen molar-refractivity contribution < 1.29 is 34.5 Å². The van der Waals surface area contributed by atoms with Crippen molar-refractivity contribution in [1.29, 1.82) is 0 Å². The predicted octanol–water partition coefficient (Wildman–Crippen LogP) is -3.13. The second kappa shape index (κ2) is 14.4. The molecule has 3 amide bonds. The van der Waals surface area contributed by atoms with Gasteiger partial charge in [0.05, 0.1) is 18.7 Å². The maximum absolute atomic E-state index is 12.6. The molecule has 0 radical (unpaired) electrons. The lowest BCUT2D eigenvalue weighted by Gasteiger charge is -2.23. The third-order valence-electron chi connectivity index (χ3n) is 4.80. The zero-order chi connectivity index (χ0) is 26.5. The highest BCUT2D eigenvalue weighted by Gasteiger charge is 2.30. The van der Waals surface area contributed by atoms with E-state index in [2.05, 4.69) is 20.9 Å². The Morgan fingerprint density at radius 1 is 1.06 bits per heavy atom. The number of carboxylic acid groups (broad SMARTS) is 1. The first-order chi connectivity index (χ1) is 16.4. The number of hydrogen-bond donors (Lipinski definition) is 9. The average molecular weight is 496 g/mol. The zero-order valence-corrected chi connectivity index (χ0v) is 19.3. The smallest absolute Gasteiger partial charge is 0.326 e. The van der Waals surface area contributed by atoms with Gasteiger partial charge in [-0.1, -0.05) is 12.1 Å². The summed E-state index contributed by atoms with van der Waals surface area (Å²) >= 11 is 0. The molecular weight excluding hydrogens is 462 g/mol. The van der Waals surface area contributed by atoms with Crippen LogP contribution in [0.4, 0.5) is 0 Å². The highest BCUT2D eigenvalue weighted by molar-refractivity contribution is 5.92. The summed E-state index contributed by atoms with van der Waals surface area (Å²) in [6.45, 7) is 1.01. The fraction of sp³-hybridized carbons (Fsp3) is 0.476. The number of aliphatic carboxylic acids is 1. The number of carbonyl (C=O) groups is 4. The molecule has 194 valence electrons. The van der Waals surface area contributed by atoms with Crippen LogP contribution in [0.5, 0.6) is 5.75 Å². The van der Waals surface area contributed by atoms with Gasteiger partial charge in [-0.2, -0.15) is 0 Å². The van der Waals surface area contributed by atoms with E-state index in [0.29, 0.717) is 18.5 Å². The van der Waals surface area contributed by atoms with Gasteiger partial charge >= 0.3 is 5.97 Å². The Balaban J connectivity index is 2.62. The number of nitrogens with one attached hydrogen (secondary N) is 3. The molecule has 0 saturated carbocycles. The van der Waals surface area contributed by atoms with Gasteiger partial charge in [-0.3, -0.25) is 19.4 Å². The Morgan fingerprint density at radius 3 is 2.23 bits per heavy atom. The van der Waals surface area contributed by atoms with E-state index < -0.39 is 54.5 Å². The van der Waals surface area contributed by atoms with Crippen LogP contribution in [-0.4, -0.2) is 82.3 Å². The molecule has 14 nitrogen and oxygen atoms in total. The molecule has 1 aromatic carbocycles. The number of aliphatic hydroxyl groups excluding tert-OH is 1. The largest absolute Gasteiger partial charge is 0.508 e. The van der Waals surface area contributed by atoms with E-state index in [0.717, 1.165) is 0 Å². The summed E-state index contributed by atoms with van der Waals surface area (Å²) < 4.78 is 0. The van der Waals surface area contributed by atoms with Crippen LogP contribution in [0, 0.1) is 0 Å². The number of aliphatic hydroxyl groups is 1. The van der Waals surface area contributed by atoms with Crippen LogP contribution < -0.4 is 33.2 Å². The molecule has 0 aliphatic rings. The van der Waals surface area contributed by atoms with Gasteiger partial charge in [-0.25, -0.2) is 4.79 Å². The fourth-order valence-electron chi connectivity index (χ4n) is 2.91. The summed E-state index contributed by atoms with van der Waals surface area (Å²) in [4.78, 5) is 52.2.